The van der Waals surface area contributed by atoms with Crippen molar-refractivity contribution >= 4 is 17.8 Å². The Balaban J connectivity index is 1.31. The number of carbonyl (C=O) groups is 3. The standard InChI is InChI=1S/C28H37NO6/c1-15(26(31)33-5)25(16-6-7-16)17-8-9-20-22(30)13-24(34-23(20)11-17)21-12-19-10-18(21)14-29(19)27(32)35-28(2,3)4/h8-9,11,15-16,18-19,21,24-25H,6-7,10,12-14H2,1-5H3/t15-,18+,19-,21-,24-,25-/m0/s1. The van der Waals surface area contributed by atoms with Crippen molar-refractivity contribution in [2.75, 3.05) is 13.7 Å². The highest BCUT2D eigenvalue weighted by Crippen LogP contribution is 2.50. The number of ketones is 1. The average Bonchev–Trinajstić information content (AvgIpc) is 3.41. The third-order valence-corrected chi connectivity index (χ3v) is 8.30. The number of likely N-dealkylation sites (tertiary alicyclic amines) is 1. The molecule has 1 aromatic rings. The number of nitrogens with zero attached hydrogens (tertiary/aromatic N) is 1. The third-order valence-electron chi connectivity index (χ3n) is 8.30. The Morgan fingerprint density at radius 2 is 1.91 bits per heavy atom. The molecule has 2 bridgehead atoms. The summed E-state index contributed by atoms with van der Waals surface area (Å²) in [6.45, 7) is 8.24. The molecule has 6 atom stereocenters. The van der Waals surface area contributed by atoms with Crippen LogP contribution in [0.3, 0.4) is 0 Å². The molecule has 7 nitrogen and oxygen atoms in total. The monoisotopic (exact) mass is 483 g/mol. The zero-order chi connectivity index (χ0) is 25.1. The van der Waals surface area contributed by atoms with E-state index in [4.69, 9.17) is 14.2 Å². The molecule has 0 radical (unpaired) electrons. The summed E-state index contributed by atoms with van der Waals surface area (Å²) in [7, 11) is 1.43. The first-order valence-corrected chi connectivity index (χ1v) is 13.0. The van der Waals surface area contributed by atoms with Crippen molar-refractivity contribution in [3.05, 3.63) is 29.3 Å². The highest BCUT2D eigenvalue weighted by Gasteiger charge is 2.51. The Labute approximate surface area is 207 Å². The van der Waals surface area contributed by atoms with Crippen LogP contribution in [0.25, 0.3) is 0 Å². The summed E-state index contributed by atoms with van der Waals surface area (Å²) < 4.78 is 17.1. The predicted molar refractivity (Wildman–Crippen MR) is 129 cm³/mol. The molecular weight excluding hydrogens is 446 g/mol. The lowest BCUT2D eigenvalue weighted by molar-refractivity contribution is -0.145. The molecule has 3 fully saturated rings. The van der Waals surface area contributed by atoms with E-state index in [1.807, 2.05) is 50.8 Å². The molecule has 0 N–H and O–H groups in total. The molecule has 0 aromatic heterocycles. The van der Waals surface area contributed by atoms with Gasteiger partial charge in [0.15, 0.2) is 5.78 Å². The molecule has 2 aliphatic heterocycles. The number of ether oxygens (including phenoxy) is 3. The molecule has 190 valence electrons. The Kier molecular flexibility index (Phi) is 6.09. The molecule has 2 saturated carbocycles. The predicted octanol–water partition coefficient (Wildman–Crippen LogP) is 4.97. The number of methoxy groups -OCH3 is 1. The van der Waals surface area contributed by atoms with Crippen LogP contribution in [0, 0.1) is 23.7 Å². The second-order valence-corrected chi connectivity index (χ2v) is 11.9. The largest absolute Gasteiger partial charge is 0.489 e. The van der Waals surface area contributed by atoms with Crippen LogP contribution in [0.2, 0.25) is 0 Å². The van der Waals surface area contributed by atoms with Gasteiger partial charge in [0.2, 0.25) is 0 Å². The van der Waals surface area contributed by atoms with Crippen molar-refractivity contribution in [3.8, 4) is 5.75 Å². The first kappa shape index (κ1) is 24.1. The van der Waals surface area contributed by atoms with Gasteiger partial charge in [0.25, 0.3) is 0 Å². The van der Waals surface area contributed by atoms with E-state index >= 15 is 0 Å². The maximum absolute atomic E-state index is 13.1. The van der Waals surface area contributed by atoms with Gasteiger partial charge in [-0.1, -0.05) is 13.0 Å². The number of rotatable bonds is 5. The number of esters is 1. The van der Waals surface area contributed by atoms with Crippen LogP contribution in [0.15, 0.2) is 18.2 Å². The van der Waals surface area contributed by atoms with Crippen molar-refractivity contribution in [2.24, 2.45) is 23.7 Å². The molecule has 4 aliphatic rings. The Bertz CT molecular complexity index is 1020. The Morgan fingerprint density at radius 1 is 1.17 bits per heavy atom. The van der Waals surface area contributed by atoms with E-state index in [9.17, 15) is 14.4 Å². The van der Waals surface area contributed by atoms with E-state index in [1.165, 1.54) is 7.11 Å². The summed E-state index contributed by atoms with van der Waals surface area (Å²) >= 11 is 0. The molecule has 5 rings (SSSR count). The van der Waals surface area contributed by atoms with Crippen LogP contribution in [-0.4, -0.2) is 54.1 Å². The summed E-state index contributed by atoms with van der Waals surface area (Å²) in [5.41, 5.74) is 1.16. The fourth-order valence-electron chi connectivity index (χ4n) is 6.56. The van der Waals surface area contributed by atoms with Crippen molar-refractivity contribution < 1.29 is 28.6 Å². The molecule has 0 unspecified atom stereocenters. The van der Waals surface area contributed by atoms with Crippen LogP contribution < -0.4 is 4.74 Å². The Morgan fingerprint density at radius 3 is 2.51 bits per heavy atom. The quantitative estimate of drug-likeness (QED) is 0.550. The van der Waals surface area contributed by atoms with Crippen molar-refractivity contribution in [2.45, 2.75) is 83.5 Å². The van der Waals surface area contributed by atoms with Gasteiger partial charge in [0, 0.05) is 24.9 Å². The second kappa shape index (κ2) is 8.82. The van der Waals surface area contributed by atoms with Crippen molar-refractivity contribution in [1.29, 1.82) is 0 Å². The fraction of sp³-hybridized carbons (Fsp3) is 0.679. The van der Waals surface area contributed by atoms with Crippen LogP contribution >= 0.6 is 0 Å². The smallest absolute Gasteiger partial charge is 0.410 e. The summed E-state index contributed by atoms with van der Waals surface area (Å²) in [5.74, 6) is 1.38. The van der Waals surface area contributed by atoms with E-state index in [2.05, 4.69) is 0 Å². The fourth-order valence-corrected chi connectivity index (χ4v) is 6.56. The number of Topliss-reactive ketones (excluding diaryl/α,β-unsaturated/α-hetero) is 1. The van der Waals surface area contributed by atoms with Crippen LogP contribution in [0.5, 0.6) is 5.75 Å². The number of piperidine rings is 1. The minimum Gasteiger partial charge on any atom is -0.489 e. The molecule has 1 saturated heterocycles. The summed E-state index contributed by atoms with van der Waals surface area (Å²) in [4.78, 5) is 39.9. The first-order valence-electron chi connectivity index (χ1n) is 13.0. The number of carbonyl (C=O) groups excluding carboxylic acids is 3. The van der Waals surface area contributed by atoms with E-state index in [-0.39, 0.29) is 47.7 Å². The van der Waals surface area contributed by atoms with Crippen molar-refractivity contribution in [1.82, 2.24) is 4.90 Å². The van der Waals surface area contributed by atoms with Gasteiger partial charge in [-0.3, -0.25) is 9.59 Å². The molecule has 35 heavy (non-hydrogen) atoms. The van der Waals surface area contributed by atoms with Gasteiger partial charge in [0.05, 0.1) is 18.6 Å². The van der Waals surface area contributed by atoms with Crippen LogP contribution in [-0.2, 0) is 14.3 Å². The average molecular weight is 484 g/mol. The number of benzene rings is 1. The maximum atomic E-state index is 13.1. The van der Waals surface area contributed by atoms with Gasteiger partial charge in [-0.2, -0.15) is 0 Å². The molecule has 2 heterocycles. The van der Waals surface area contributed by atoms with Crippen LogP contribution in [0.4, 0.5) is 4.79 Å². The highest BCUT2D eigenvalue weighted by atomic mass is 16.6. The van der Waals surface area contributed by atoms with Gasteiger partial charge < -0.3 is 19.1 Å². The van der Waals surface area contributed by atoms with Gasteiger partial charge in [0.1, 0.15) is 17.5 Å². The van der Waals surface area contributed by atoms with Gasteiger partial charge >= 0.3 is 12.1 Å². The summed E-state index contributed by atoms with van der Waals surface area (Å²) in [5, 5.41) is 0. The SMILES string of the molecule is COC(=O)[C@@H](C)[C@H](c1ccc2c(c1)O[C@H]([C@H]1C[C@@H]3C[C@@H]1CN3C(=O)OC(C)(C)C)CC2=O)C1CC1. The third kappa shape index (κ3) is 4.66. The zero-order valence-corrected chi connectivity index (χ0v) is 21.4. The van der Waals surface area contributed by atoms with E-state index in [0.29, 0.717) is 36.1 Å². The summed E-state index contributed by atoms with van der Waals surface area (Å²) in [6, 6.07) is 5.99. The molecule has 2 aliphatic carbocycles. The molecule has 0 spiro atoms. The highest BCUT2D eigenvalue weighted by molar-refractivity contribution is 6.00. The Hall–Kier alpha value is -2.57. The lowest BCUT2D eigenvalue weighted by atomic mass is 9.81. The lowest BCUT2D eigenvalue weighted by Gasteiger charge is -2.38. The summed E-state index contributed by atoms with van der Waals surface area (Å²) in [6.07, 6.45) is 3.92. The van der Waals surface area contributed by atoms with Gasteiger partial charge in [-0.25, -0.2) is 4.79 Å². The number of hydrogen-bond donors (Lipinski definition) is 0. The maximum Gasteiger partial charge on any atom is 0.410 e. The number of amides is 1. The molecule has 1 aromatic carbocycles. The van der Waals surface area contributed by atoms with E-state index < -0.39 is 5.60 Å². The zero-order valence-electron chi connectivity index (χ0n) is 21.4. The van der Waals surface area contributed by atoms with Gasteiger partial charge in [-0.15, -0.1) is 0 Å². The van der Waals surface area contributed by atoms with Crippen molar-refractivity contribution in [3.63, 3.8) is 0 Å². The number of hydrogen-bond acceptors (Lipinski definition) is 6. The molecular formula is C28H37NO6. The topological polar surface area (TPSA) is 82.1 Å². The first-order chi connectivity index (χ1) is 16.6. The van der Waals surface area contributed by atoms with E-state index in [0.717, 1.165) is 31.2 Å². The molecule has 7 heteroatoms. The normalized spacial score (nSPS) is 29.3. The minimum absolute atomic E-state index is 0.0664. The van der Waals surface area contributed by atoms with Crippen LogP contribution in [0.1, 0.15) is 81.6 Å². The second-order valence-electron chi connectivity index (χ2n) is 11.9. The lowest BCUT2D eigenvalue weighted by Crippen LogP contribution is -2.46. The minimum atomic E-state index is -0.512. The van der Waals surface area contributed by atoms with Gasteiger partial charge in [-0.05, 0) is 81.9 Å². The number of fused-ring (bicyclic) bond motifs is 3. The molecule has 1 amide bonds. The van der Waals surface area contributed by atoms with E-state index in [1.54, 1.807) is 0 Å².